The van der Waals surface area contributed by atoms with E-state index >= 15 is 0 Å². The number of aliphatic carboxylic acids is 1. The second kappa shape index (κ2) is 9.63. The molecule has 0 unspecified atom stereocenters. The van der Waals surface area contributed by atoms with E-state index in [4.69, 9.17) is 5.11 Å². The molecule has 158 valence electrons. The summed E-state index contributed by atoms with van der Waals surface area (Å²) in [7, 11) is -3.79. The average molecular weight is 428 g/mol. The lowest BCUT2D eigenvalue weighted by Crippen LogP contribution is -2.13. The van der Waals surface area contributed by atoms with Gasteiger partial charge in [0, 0.05) is 17.2 Å². The number of carboxylic acids is 1. The van der Waals surface area contributed by atoms with E-state index in [1.54, 1.807) is 54.6 Å². The van der Waals surface area contributed by atoms with Crippen LogP contribution in [0.5, 0.6) is 5.75 Å². The van der Waals surface area contributed by atoms with Crippen molar-refractivity contribution in [2.45, 2.75) is 43.4 Å². The molecule has 0 aromatic heterocycles. The molecule has 3 rings (SSSR count). The number of aromatic hydroxyl groups is 1. The number of benzene rings is 3. The molecule has 0 spiro atoms. The largest absolute Gasteiger partial charge is 0.507 e. The van der Waals surface area contributed by atoms with E-state index in [-0.39, 0.29) is 17.1 Å². The van der Waals surface area contributed by atoms with Crippen LogP contribution in [0.1, 0.15) is 37.7 Å². The molecule has 30 heavy (non-hydrogen) atoms. The van der Waals surface area contributed by atoms with Crippen LogP contribution in [0.4, 0.5) is 5.69 Å². The molecule has 0 aliphatic rings. The van der Waals surface area contributed by atoms with Crippen LogP contribution in [0.2, 0.25) is 0 Å². The average Bonchev–Trinajstić information content (AvgIpc) is 2.71. The number of unbranched alkanes of at least 4 members (excludes halogenated alkanes) is 3. The summed E-state index contributed by atoms with van der Waals surface area (Å²) in [6, 6.07) is 16.9. The summed E-state index contributed by atoms with van der Waals surface area (Å²) < 4.78 is 28.5. The van der Waals surface area contributed by atoms with Gasteiger partial charge >= 0.3 is 5.97 Å². The van der Waals surface area contributed by atoms with E-state index in [2.05, 4.69) is 4.72 Å². The first-order valence-corrected chi connectivity index (χ1v) is 11.4. The molecule has 3 N–H and O–H groups in total. The van der Waals surface area contributed by atoms with Gasteiger partial charge in [0.15, 0.2) is 0 Å². The molecule has 3 aromatic carbocycles. The van der Waals surface area contributed by atoms with Gasteiger partial charge in [0.05, 0.1) is 10.6 Å². The normalized spacial score (nSPS) is 11.5. The number of phenols is 1. The molecule has 0 radical (unpaired) electrons. The molecular weight excluding hydrogens is 402 g/mol. The lowest BCUT2D eigenvalue weighted by Gasteiger charge is -2.12. The highest BCUT2D eigenvalue weighted by atomic mass is 32.2. The van der Waals surface area contributed by atoms with Crippen molar-refractivity contribution < 1.29 is 23.4 Å². The van der Waals surface area contributed by atoms with E-state index in [0.29, 0.717) is 22.9 Å². The fourth-order valence-electron chi connectivity index (χ4n) is 3.41. The van der Waals surface area contributed by atoms with E-state index in [1.807, 2.05) is 6.07 Å². The van der Waals surface area contributed by atoms with Gasteiger partial charge in [-0.15, -0.1) is 0 Å². The number of fused-ring (bicyclic) bond motifs is 1. The maximum absolute atomic E-state index is 12.9. The van der Waals surface area contributed by atoms with Gasteiger partial charge in [-0.1, -0.05) is 49.2 Å². The van der Waals surface area contributed by atoms with Crippen LogP contribution in [0, 0.1) is 0 Å². The van der Waals surface area contributed by atoms with Crippen LogP contribution in [0.15, 0.2) is 65.6 Å². The molecule has 0 aliphatic heterocycles. The molecule has 6 nitrogen and oxygen atoms in total. The van der Waals surface area contributed by atoms with Crippen molar-refractivity contribution in [3.8, 4) is 5.75 Å². The molecule has 0 amide bonds. The quantitative estimate of drug-likeness (QED) is 0.398. The van der Waals surface area contributed by atoms with Gasteiger partial charge in [0.1, 0.15) is 5.75 Å². The molecule has 0 saturated heterocycles. The minimum atomic E-state index is -3.79. The molecule has 7 heteroatoms. The number of aryl methyl sites for hydroxylation is 1. The Hall–Kier alpha value is -3.06. The number of carbonyl (C=O) groups is 1. The van der Waals surface area contributed by atoms with E-state index in [1.165, 1.54) is 0 Å². The Balaban J connectivity index is 1.69. The zero-order valence-corrected chi connectivity index (χ0v) is 17.4. The van der Waals surface area contributed by atoms with Crippen LogP contribution in [0.25, 0.3) is 10.8 Å². The second-order valence-electron chi connectivity index (χ2n) is 7.24. The fourth-order valence-corrected chi connectivity index (χ4v) is 4.56. The predicted octanol–water partition coefficient (Wildman–Crippen LogP) is 4.92. The van der Waals surface area contributed by atoms with Crippen LogP contribution >= 0.6 is 0 Å². The second-order valence-corrected chi connectivity index (χ2v) is 8.92. The number of anilines is 1. The third-order valence-corrected chi connectivity index (χ3v) is 6.32. The summed E-state index contributed by atoms with van der Waals surface area (Å²) in [5, 5.41) is 19.9. The van der Waals surface area contributed by atoms with Crippen LogP contribution in [-0.4, -0.2) is 24.6 Å². The Labute approximate surface area is 176 Å². The number of rotatable bonds is 10. The minimum Gasteiger partial charge on any atom is -0.507 e. The monoisotopic (exact) mass is 427 g/mol. The van der Waals surface area contributed by atoms with Crippen molar-refractivity contribution in [3.05, 3.63) is 66.2 Å². The summed E-state index contributed by atoms with van der Waals surface area (Å²) in [4.78, 5) is 10.7. The van der Waals surface area contributed by atoms with Gasteiger partial charge in [-0.05, 0) is 49.1 Å². The van der Waals surface area contributed by atoms with Crippen molar-refractivity contribution in [1.29, 1.82) is 0 Å². The lowest BCUT2D eigenvalue weighted by atomic mass is 10.1. The van der Waals surface area contributed by atoms with Crippen molar-refractivity contribution in [2.75, 3.05) is 4.72 Å². The standard InChI is InChI=1S/C23H25NO5S/c25-22-14-7-11-19-20(22)12-6-13-21(19)24-30(28,29)18-10-5-9-17(16-18)8-3-1-2-4-15-23(26)27/h5-7,9-14,16,24-25H,1-4,8,15H2,(H,26,27). The maximum atomic E-state index is 12.9. The molecule has 3 aromatic rings. The van der Waals surface area contributed by atoms with E-state index in [9.17, 15) is 18.3 Å². The number of phenolic OH excluding ortho intramolecular Hbond substituents is 1. The molecule has 0 aliphatic carbocycles. The third kappa shape index (κ3) is 5.51. The summed E-state index contributed by atoms with van der Waals surface area (Å²) in [6.45, 7) is 0. The first-order chi connectivity index (χ1) is 14.4. The summed E-state index contributed by atoms with van der Waals surface area (Å²) in [5.74, 6) is -0.680. The SMILES string of the molecule is O=C(O)CCCCCCc1cccc(S(=O)(=O)Nc2cccc3c(O)cccc23)c1. The van der Waals surface area contributed by atoms with Crippen LogP contribution in [0.3, 0.4) is 0 Å². The number of sulfonamides is 1. The Morgan fingerprint density at radius 1 is 0.867 bits per heavy atom. The Kier molecular flexibility index (Phi) is 6.95. The number of nitrogens with one attached hydrogen (secondary N) is 1. The summed E-state index contributed by atoms with van der Waals surface area (Å²) in [5.41, 5.74) is 1.33. The van der Waals surface area contributed by atoms with Crippen molar-refractivity contribution in [1.82, 2.24) is 0 Å². The first-order valence-electron chi connectivity index (χ1n) is 9.91. The van der Waals surface area contributed by atoms with Gasteiger partial charge in [0.2, 0.25) is 0 Å². The first kappa shape index (κ1) is 21.6. The molecule has 0 atom stereocenters. The fraction of sp³-hybridized carbons (Fsp3) is 0.261. The zero-order valence-electron chi connectivity index (χ0n) is 16.5. The number of hydrogen-bond donors (Lipinski definition) is 3. The molecule has 0 heterocycles. The molecule has 0 bridgehead atoms. The number of carboxylic acid groups (broad SMARTS) is 1. The van der Waals surface area contributed by atoms with E-state index in [0.717, 1.165) is 31.2 Å². The predicted molar refractivity (Wildman–Crippen MR) is 117 cm³/mol. The van der Waals surface area contributed by atoms with Gasteiger partial charge < -0.3 is 10.2 Å². The highest BCUT2D eigenvalue weighted by Crippen LogP contribution is 2.31. The van der Waals surface area contributed by atoms with Gasteiger partial charge in [-0.25, -0.2) is 8.42 Å². The third-order valence-electron chi connectivity index (χ3n) is 4.96. The van der Waals surface area contributed by atoms with Crippen LogP contribution in [-0.2, 0) is 21.2 Å². The van der Waals surface area contributed by atoms with Gasteiger partial charge in [-0.3, -0.25) is 9.52 Å². The Morgan fingerprint density at radius 2 is 1.57 bits per heavy atom. The van der Waals surface area contributed by atoms with Crippen LogP contribution < -0.4 is 4.72 Å². The minimum absolute atomic E-state index is 0.0962. The lowest BCUT2D eigenvalue weighted by molar-refractivity contribution is -0.137. The zero-order chi connectivity index (χ0) is 21.6. The van der Waals surface area contributed by atoms with Crippen molar-refractivity contribution >= 4 is 32.5 Å². The molecular formula is C23H25NO5S. The Bertz CT molecular complexity index is 1140. The summed E-state index contributed by atoms with van der Waals surface area (Å²) in [6.07, 6.45) is 4.21. The molecule has 0 saturated carbocycles. The smallest absolute Gasteiger partial charge is 0.303 e. The summed E-state index contributed by atoms with van der Waals surface area (Å²) >= 11 is 0. The highest BCUT2D eigenvalue weighted by molar-refractivity contribution is 7.92. The van der Waals surface area contributed by atoms with E-state index < -0.39 is 16.0 Å². The van der Waals surface area contributed by atoms with Crippen molar-refractivity contribution in [3.63, 3.8) is 0 Å². The molecule has 0 fully saturated rings. The van der Waals surface area contributed by atoms with Gasteiger partial charge in [-0.2, -0.15) is 0 Å². The topological polar surface area (TPSA) is 104 Å². The highest BCUT2D eigenvalue weighted by Gasteiger charge is 2.16. The van der Waals surface area contributed by atoms with Crippen molar-refractivity contribution in [2.24, 2.45) is 0 Å². The number of hydrogen-bond acceptors (Lipinski definition) is 4. The maximum Gasteiger partial charge on any atom is 0.303 e. The van der Waals surface area contributed by atoms with Gasteiger partial charge in [0.25, 0.3) is 10.0 Å². The Morgan fingerprint density at radius 3 is 2.37 bits per heavy atom.